The first kappa shape index (κ1) is 13.2. The lowest BCUT2D eigenvalue weighted by Crippen LogP contribution is -2.30. The summed E-state index contributed by atoms with van der Waals surface area (Å²) in [5.41, 5.74) is 7.90. The summed E-state index contributed by atoms with van der Waals surface area (Å²) in [7, 11) is 0. The van der Waals surface area contributed by atoms with Gasteiger partial charge in [-0.1, -0.05) is 13.8 Å². The molecule has 2 rings (SSSR count). The fourth-order valence-corrected chi connectivity index (χ4v) is 3.11. The fourth-order valence-electron chi connectivity index (χ4n) is 3.11. The molecule has 3 heteroatoms. The van der Waals surface area contributed by atoms with Gasteiger partial charge in [0.05, 0.1) is 11.4 Å². The minimum Gasteiger partial charge on any atom is -0.397 e. The van der Waals surface area contributed by atoms with Crippen molar-refractivity contribution in [3.63, 3.8) is 0 Å². The Morgan fingerprint density at radius 3 is 2.39 bits per heavy atom. The molecule has 3 N–H and O–H groups in total. The van der Waals surface area contributed by atoms with Crippen LogP contribution in [0.15, 0.2) is 12.1 Å². The van der Waals surface area contributed by atoms with Crippen LogP contribution < -0.4 is 11.1 Å². The third-order valence-electron chi connectivity index (χ3n) is 3.87. The number of nitrogens with one attached hydrogen (secondary N) is 1. The van der Waals surface area contributed by atoms with Crippen molar-refractivity contribution in [2.24, 2.45) is 11.8 Å². The molecule has 0 aromatic heterocycles. The van der Waals surface area contributed by atoms with Gasteiger partial charge < -0.3 is 11.1 Å². The predicted octanol–water partition coefficient (Wildman–Crippen LogP) is 3.95. The Kier molecular flexibility index (Phi) is 3.79. The maximum absolute atomic E-state index is 13.4. The number of anilines is 2. The van der Waals surface area contributed by atoms with E-state index < -0.39 is 0 Å². The highest BCUT2D eigenvalue weighted by atomic mass is 19.1. The van der Waals surface area contributed by atoms with Gasteiger partial charge >= 0.3 is 0 Å². The summed E-state index contributed by atoms with van der Waals surface area (Å²) in [6, 6.07) is 3.68. The van der Waals surface area contributed by atoms with E-state index in [0.717, 1.165) is 17.5 Å². The number of nitrogens with two attached hydrogens (primary N) is 1. The Labute approximate surface area is 109 Å². The molecule has 1 aromatic rings. The van der Waals surface area contributed by atoms with E-state index in [9.17, 15) is 4.39 Å². The minimum absolute atomic E-state index is 0.233. The number of hydrogen-bond donors (Lipinski definition) is 2. The Morgan fingerprint density at radius 1 is 1.17 bits per heavy atom. The Bertz CT molecular complexity index is 421. The van der Waals surface area contributed by atoms with E-state index in [2.05, 4.69) is 19.2 Å². The maximum Gasteiger partial charge on any atom is 0.128 e. The van der Waals surface area contributed by atoms with E-state index in [0.29, 0.717) is 17.3 Å². The first-order chi connectivity index (χ1) is 8.45. The normalized spacial score (nSPS) is 28.1. The van der Waals surface area contributed by atoms with Crippen LogP contribution in [0, 0.1) is 24.6 Å². The van der Waals surface area contributed by atoms with Crippen molar-refractivity contribution >= 4 is 11.4 Å². The van der Waals surface area contributed by atoms with Crippen molar-refractivity contribution < 1.29 is 4.39 Å². The van der Waals surface area contributed by atoms with Crippen molar-refractivity contribution in [2.75, 3.05) is 11.1 Å². The molecule has 1 fully saturated rings. The van der Waals surface area contributed by atoms with Gasteiger partial charge in [-0.05, 0) is 55.7 Å². The average Bonchev–Trinajstić information content (AvgIpc) is 2.24. The van der Waals surface area contributed by atoms with E-state index in [1.165, 1.54) is 25.3 Å². The largest absolute Gasteiger partial charge is 0.397 e. The van der Waals surface area contributed by atoms with Crippen molar-refractivity contribution in [3.8, 4) is 0 Å². The molecule has 2 nitrogen and oxygen atoms in total. The first-order valence-corrected chi connectivity index (χ1v) is 6.78. The quantitative estimate of drug-likeness (QED) is 0.780. The van der Waals surface area contributed by atoms with Crippen molar-refractivity contribution in [1.82, 2.24) is 0 Å². The second-order valence-corrected chi connectivity index (χ2v) is 5.95. The van der Waals surface area contributed by atoms with Gasteiger partial charge in [0.25, 0.3) is 0 Å². The predicted molar refractivity (Wildman–Crippen MR) is 75.1 cm³/mol. The van der Waals surface area contributed by atoms with Gasteiger partial charge in [-0.25, -0.2) is 4.39 Å². The zero-order valence-electron chi connectivity index (χ0n) is 11.5. The standard InChI is InChI=1S/C15H23FN2/c1-9-4-10(2)6-12(5-9)18-15-7-11(3)13(16)8-14(15)17/h7-10,12,18H,4-6,17H2,1-3H3. The lowest BCUT2D eigenvalue weighted by atomic mass is 9.80. The Balaban J connectivity index is 2.11. The molecule has 0 heterocycles. The summed E-state index contributed by atoms with van der Waals surface area (Å²) < 4.78 is 13.4. The molecule has 1 aliphatic rings. The molecule has 0 amide bonds. The number of aryl methyl sites for hydroxylation is 1. The number of benzene rings is 1. The second-order valence-electron chi connectivity index (χ2n) is 5.95. The van der Waals surface area contributed by atoms with E-state index in [1.807, 2.05) is 6.07 Å². The van der Waals surface area contributed by atoms with Crippen LogP contribution >= 0.6 is 0 Å². The molecule has 0 aliphatic heterocycles. The summed E-state index contributed by atoms with van der Waals surface area (Å²) in [5.74, 6) is 1.26. The van der Waals surface area contributed by atoms with Gasteiger partial charge in [0.2, 0.25) is 0 Å². The highest BCUT2D eigenvalue weighted by molar-refractivity contribution is 5.67. The summed E-state index contributed by atoms with van der Waals surface area (Å²) in [6.45, 7) is 6.36. The summed E-state index contributed by atoms with van der Waals surface area (Å²) in [5, 5.41) is 3.49. The van der Waals surface area contributed by atoms with Gasteiger partial charge in [-0.3, -0.25) is 0 Å². The third-order valence-corrected chi connectivity index (χ3v) is 3.87. The van der Waals surface area contributed by atoms with Crippen LogP contribution in [0.5, 0.6) is 0 Å². The van der Waals surface area contributed by atoms with Crippen molar-refractivity contribution in [3.05, 3.63) is 23.5 Å². The number of nitrogen functional groups attached to an aromatic ring is 1. The summed E-state index contributed by atoms with van der Waals surface area (Å²) in [6.07, 6.45) is 3.64. The van der Waals surface area contributed by atoms with Crippen molar-refractivity contribution in [1.29, 1.82) is 0 Å². The minimum atomic E-state index is -0.233. The molecular weight excluding hydrogens is 227 g/mol. The summed E-state index contributed by atoms with van der Waals surface area (Å²) in [4.78, 5) is 0. The second kappa shape index (κ2) is 5.17. The molecule has 1 aromatic carbocycles. The van der Waals surface area contributed by atoms with Crippen LogP contribution in [0.4, 0.5) is 15.8 Å². The van der Waals surface area contributed by atoms with Crippen LogP contribution in [-0.4, -0.2) is 6.04 Å². The molecule has 0 saturated heterocycles. The van der Waals surface area contributed by atoms with E-state index in [4.69, 9.17) is 5.73 Å². The van der Waals surface area contributed by atoms with Crippen LogP contribution in [0.3, 0.4) is 0 Å². The molecule has 0 radical (unpaired) electrons. The van der Waals surface area contributed by atoms with E-state index in [-0.39, 0.29) is 5.82 Å². The fraction of sp³-hybridized carbons (Fsp3) is 0.600. The van der Waals surface area contributed by atoms with Crippen LogP contribution in [0.1, 0.15) is 38.7 Å². The van der Waals surface area contributed by atoms with E-state index in [1.54, 1.807) is 6.92 Å². The number of rotatable bonds is 2. The van der Waals surface area contributed by atoms with Gasteiger partial charge in [0.1, 0.15) is 5.82 Å². The zero-order valence-corrected chi connectivity index (χ0v) is 11.5. The monoisotopic (exact) mass is 250 g/mol. The highest BCUT2D eigenvalue weighted by Gasteiger charge is 2.24. The molecule has 0 bridgehead atoms. The Morgan fingerprint density at radius 2 is 1.78 bits per heavy atom. The van der Waals surface area contributed by atoms with Crippen molar-refractivity contribution in [2.45, 2.75) is 46.1 Å². The van der Waals surface area contributed by atoms with Crippen LogP contribution in [-0.2, 0) is 0 Å². The lowest BCUT2D eigenvalue weighted by Gasteiger charge is -2.33. The Hall–Kier alpha value is -1.25. The molecule has 2 unspecified atom stereocenters. The highest BCUT2D eigenvalue weighted by Crippen LogP contribution is 2.32. The van der Waals surface area contributed by atoms with Gasteiger partial charge in [-0.2, -0.15) is 0 Å². The topological polar surface area (TPSA) is 38.0 Å². The molecule has 1 saturated carbocycles. The number of halogens is 1. The average molecular weight is 250 g/mol. The van der Waals surface area contributed by atoms with Crippen LogP contribution in [0.25, 0.3) is 0 Å². The molecule has 2 atom stereocenters. The summed E-state index contributed by atoms with van der Waals surface area (Å²) >= 11 is 0. The van der Waals surface area contributed by atoms with Gasteiger partial charge in [0, 0.05) is 6.04 Å². The molecule has 100 valence electrons. The lowest BCUT2D eigenvalue weighted by molar-refractivity contribution is 0.281. The molecular formula is C15H23FN2. The third kappa shape index (κ3) is 2.95. The number of hydrogen-bond acceptors (Lipinski definition) is 2. The van der Waals surface area contributed by atoms with Gasteiger partial charge in [0.15, 0.2) is 0 Å². The molecule has 1 aliphatic carbocycles. The van der Waals surface area contributed by atoms with E-state index >= 15 is 0 Å². The molecule has 18 heavy (non-hydrogen) atoms. The SMILES string of the molecule is Cc1cc(NC2CC(C)CC(C)C2)c(N)cc1F. The maximum atomic E-state index is 13.4. The smallest absolute Gasteiger partial charge is 0.128 e. The zero-order chi connectivity index (χ0) is 13.3. The van der Waals surface area contributed by atoms with Gasteiger partial charge in [-0.15, -0.1) is 0 Å². The van der Waals surface area contributed by atoms with Crippen LogP contribution in [0.2, 0.25) is 0 Å². The molecule has 0 spiro atoms. The first-order valence-electron chi connectivity index (χ1n) is 6.78.